The second-order valence-electron chi connectivity index (χ2n) is 9.75. The molecule has 192 valence electrons. The van der Waals surface area contributed by atoms with Gasteiger partial charge >= 0.3 is 6.09 Å². The van der Waals surface area contributed by atoms with Crippen LogP contribution in [0.1, 0.15) is 51.3 Å². The smallest absolute Gasteiger partial charge is 0.435 e. The standard InChI is InChI=1S/C27H24FN7O3/c1-27(2,3)38-26(37)35-22-9-5-16(14-20(22)23(28)34-35)4-6-17-10-12-29-24(31-17)21-11-13-30-25(33-21)32-18-7-8-19(36)15-18/h5,9-14,19,36H,7-8,15H2,1-3H3/t19-/m0/s1. The Labute approximate surface area is 217 Å². The van der Waals surface area contributed by atoms with E-state index in [4.69, 9.17) is 4.74 Å². The number of fused-ring (bicyclic) bond motifs is 1. The monoisotopic (exact) mass is 513 g/mol. The normalized spacial score (nSPS) is 16.4. The fourth-order valence-electron chi connectivity index (χ4n) is 3.87. The number of aliphatic hydroxyl groups is 1. The number of ether oxygens (including phenoxy) is 1. The van der Waals surface area contributed by atoms with E-state index < -0.39 is 17.6 Å². The molecule has 1 N–H and O–H groups in total. The zero-order chi connectivity index (χ0) is 26.9. The van der Waals surface area contributed by atoms with E-state index in [-0.39, 0.29) is 23.0 Å². The van der Waals surface area contributed by atoms with Crippen LogP contribution in [-0.2, 0) is 4.74 Å². The summed E-state index contributed by atoms with van der Waals surface area (Å²) < 4.78 is 20.7. The third-order valence-electron chi connectivity index (χ3n) is 5.56. The highest BCUT2D eigenvalue weighted by Gasteiger charge is 2.22. The third kappa shape index (κ3) is 5.71. The Morgan fingerprint density at radius 1 is 1.16 bits per heavy atom. The summed E-state index contributed by atoms with van der Waals surface area (Å²) in [6, 6.07) is 8.08. The van der Waals surface area contributed by atoms with Gasteiger partial charge < -0.3 is 9.84 Å². The topological polar surface area (TPSA) is 128 Å². The van der Waals surface area contributed by atoms with Crippen LogP contribution >= 0.6 is 0 Å². The predicted octanol–water partition coefficient (Wildman–Crippen LogP) is 4.22. The van der Waals surface area contributed by atoms with Crippen LogP contribution in [0.4, 0.5) is 15.1 Å². The van der Waals surface area contributed by atoms with Crippen LogP contribution in [0.2, 0.25) is 0 Å². The summed E-state index contributed by atoms with van der Waals surface area (Å²) >= 11 is 0. The molecule has 1 aromatic carbocycles. The molecule has 1 atom stereocenters. The largest absolute Gasteiger partial charge is 0.442 e. The molecule has 11 heteroatoms. The van der Waals surface area contributed by atoms with Crippen molar-refractivity contribution in [1.82, 2.24) is 29.7 Å². The maximum Gasteiger partial charge on any atom is 0.435 e. The molecule has 3 heterocycles. The summed E-state index contributed by atoms with van der Waals surface area (Å²) in [5.41, 5.74) is 1.83. The van der Waals surface area contributed by atoms with Crippen molar-refractivity contribution in [2.75, 3.05) is 0 Å². The van der Waals surface area contributed by atoms with E-state index in [9.17, 15) is 14.3 Å². The molecule has 0 unspecified atom stereocenters. The lowest BCUT2D eigenvalue weighted by atomic mass is 10.1. The summed E-state index contributed by atoms with van der Waals surface area (Å²) in [5, 5.41) is 13.5. The number of benzene rings is 1. The van der Waals surface area contributed by atoms with E-state index in [1.807, 2.05) is 0 Å². The van der Waals surface area contributed by atoms with E-state index in [1.165, 1.54) is 6.07 Å². The van der Waals surface area contributed by atoms with Gasteiger partial charge in [-0.1, -0.05) is 5.92 Å². The number of aliphatic hydroxyl groups excluding tert-OH is 1. The number of nitrogens with zero attached hydrogens (tertiary/aromatic N) is 7. The van der Waals surface area contributed by atoms with Crippen molar-refractivity contribution < 1.29 is 19.0 Å². The molecule has 1 aliphatic rings. The Morgan fingerprint density at radius 2 is 1.97 bits per heavy atom. The van der Waals surface area contributed by atoms with Crippen molar-refractivity contribution in [3.8, 4) is 23.4 Å². The van der Waals surface area contributed by atoms with Gasteiger partial charge in [0, 0.05) is 30.1 Å². The average molecular weight is 514 g/mol. The zero-order valence-corrected chi connectivity index (χ0v) is 21.0. The Bertz CT molecular complexity index is 1630. The lowest BCUT2D eigenvalue weighted by Gasteiger charge is -2.19. The molecule has 0 spiro atoms. The van der Waals surface area contributed by atoms with Gasteiger partial charge in [0.15, 0.2) is 5.82 Å². The Morgan fingerprint density at radius 3 is 2.74 bits per heavy atom. The van der Waals surface area contributed by atoms with Crippen LogP contribution in [0.3, 0.4) is 0 Å². The maximum atomic E-state index is 14.5. The number of aliphatic imine (C=N–C) groups is 1. The van der Waals surface area contributed by atoms with E-state index in [0.717, 1.165) is 10.4 Å². The van der Waals surface area contributed by atoms with Gasteiger partial charge in [-0.3, -0.25) is 0 Å². The molecule has 5 rings (SSSR count). The van der Waals surface area contributed by atoms with E-state index in [0.29, 0.717) is 42.0 Å². The minimum absolute atomic E-state index is 0.149. The molecule has 10 nitrogen and oxygen atoms in total. The summed E-state index contributed by atoms with van der Waals surface area (Å²) in [6.07, 6.45) is 3.94. The van der Waals surface area contributed by atoms with Gasteiger partial charge in [0.05, 0.1) is 17.0 Å². The molecule has 38 heavy (non-hydrogen) atoms. The fraction of sp³-hybridized carbons (Fsp3) is 0.296. The maximum absolute atomic E-state index is 14.5. The van der Waals surface area contributed by atoms with Crippen molar-refractivity contribution in [1.29, 1.82) is 0 Å². The molecule has 0 amide bonds. The molecule has 1 fully saturated rings. The quantitative estimate of drug-likeness (QED) is 0.395. The first-order valence-corrected chi connectivity index (χ1v) is 12.0. The van der Waals surface area contributed by atoms with Gasteiger partial charge in [-0.2, -0.15) is 9.07 Å². The molecular weight excluding hydrogens is 489 g/mol. The highest BCUT2D eigenvalue weighted by Crippen LogP contribution is 2.22. The average Bonchev–Trinajstić information content (AvgIpc) is 3.44. The minimum Gasteiger partial charge on any atom is -0.442 e. The van der Waals surface area contributed by atoms with Crippen LogP contribution in [0.15, 0.2) is 47.7 Å². The number of halogens is 1. The Balaban J connectivity index is 1.38. The number of carbonyl (C=O) groups is 1. The Kier molecular flexibility index (Phi) is 6.65. The summed E-state index contributed by atoms with van der Waals surface area (Å²) in [7, 11) is 0. The van der Waals surface area contributed by atoms with Gasteiger partial charge in [-0.15, -0.1) is 5.10 Å². The lowest BCUT2D eigenvalue weighted by molar-refractivity contribution is 0.0519. The number of hydrogen-bond acceptors (Lipinski definition) is 9. The van der Waals surface area contributed by atoms with Crippen molar-refractivity contribution in [2.24, 2.45) is 4.99 Å². The van der Waals surface area contributed by atoms with Crippen molar-refractivity contribution in [3.05, 3.63) is 59.9 Å². The SMILES string of the molecule is CC(C)(C)OC(=O)n1nc(F)c2cc(C#Cc3ccnc(-c4ccnc(N=C5CC[C@H](O)C5)n4)n3)ccc21. The number of hydrogen-bond donors (Lipinski definition) is 1. The van der Waals surface area contributed by atoms with Crippen LogP contribution < -0.4 is 0 Å². The molecule has 1 saturated carbocycles. The first kappa shape index (κ1) is 25.1. The summed E-state index contributed by atoms with van der Waals surface area (Å²) in [4.78, 5) is 34.2. The number of rotatable bonds is 2. The van der Waals surface area contributed by atoms with E-state index in [2.05, 4.69) is 41.9 Å². The Hall–Kier alpha value is -4.56. The van der Waals surface area contributed by atoms with Gasteiger partial charge in [-0.05, 0) is 69.9 Å². The number of aromatic nitrogens is 6. The molecular formula is C27H24FN7O3. The third-order valence-corrected chi connectivity index (χ3v) is 5.56. The van der Waals surface area contributed by atoms with E-state index in [1.54, 1.807) is 57.4 Å². The lowest BCUT2D eigenvalue weighted by Crippen LogP contribution is -2.27. The van der Waals surface area contributed by atoms with Crippen molar-refractivity contribution in [3.63, 3.8) is 0 Å². The van der Waals surface area contributed by atoms with Gasteiger partial charge in [-0.25, -0.2) is 29.7 Å². The summed E-state index contributed by atoms with van der Waals surface area (Å²) in [5.74, 6) is 5.76. The minimum atomic E-state index is -0.797. The number of carbonyl (C=O) groups excluding carboxylic acids is 1. The molecule has 0 radical (unpaired) electrons. The highest BCUT2D eigenvalue weighted by molar-refractivity contribution is 5.89. The predicted molar refractivity (Wildman–Crippen MR) is 137 cm³/mol. The highest BCUT2D eigenvalue weighted by atomic mass is 19.1. The summed E-state index contributed by atoms with van der Waals surface area (Å²) in [6.45, 7) is 5.17. The van der Waals surface area contributed by atoms with Crippen LogP contribution in [0.5, 0.6) is 0 Å². The molecule has 0 bridgehead atoms. The first-order chi connectivity index (χ1) is 18.1. The second kappa shape index (κ2) is 10.1. The molecule has 1 aliphatic carbocycles. The van der Waals surface area contributed by atoms with E-state index >= 15 is 0 Å². The fourth-order valence-corrected chi connectivity index (χ4v) is 3.87. The van der Waals surface area contributed by atoms with Gasteiger partial charge in [0.1, 0.15) is 17.0 Å². The van der Waals surface area contributed by atoms with Crippen LogP contribution in [0, 0.1) is 17.8 Å². The van der Waals surface area contributed by atoms with Crippen molar-refractivity contribution in [2.45, 2.75) is 51.7 Å². The van der Waals surface area contributed by atoms with Crippen LogP contribution in [-0.4, -0.2) is 58.3 Å². The molecule has 4 aromatic rings. The first-order valence-electron chi connectivity index (χ1n) is 12.0. The van der Waals surface area contributed by atoms with Crippen molar-refractivity contribution >= 4 is 28.7 Å². The van der Waals surface area contributed by atoms with Crippen LogP contribution in [0.25, 0.3) is 22.4 Å². The zero-order valence-electron chi connectivity index (χ0n) is 21.0. The molecule has 3 aromatic heterocycles. The molecule has 0 aliphatic heterocycles. The second-order valence-corrected chi connectivity index (χ2v) is 9.75. The van der Waals surface area contributed by atoms with Gasteiger partial charge in [0.25, 0.3) is 0 Å². The van der Waals surface area contributed by atoms with Gasteiger partial charge in [0.2, 0.25) is 11.9 Å². The molecule has 0 saturated heterocycles.